The fourth-order valence-corrected chi connectivity index (χ4v) is 0.871. The number of nitrogens with one attached hydrogen (secondary N) is 1. The summed E-state index contributed by atoms with van der Waals surface area (Å²) in [7, 11) is 0. The number of hydrogen-bond donors (Lipinski definition) is 1. The van der Waals surface area contributed by atoms with Crippen molar-refractivity contribution in [1.29, 1.82) is 0 Å². The smallest absolute Gasteiger partial charge is 0.231 e. The SMILES string of the molecule is CCC(C)(C)C(=O)Nc1cc(C)on1. The number of carbonyl (C=O) groups is 1. The Morgan fingerprint density at radius 1 is 1.64 bits per heavy atom. The Morgan fingerprint density at radius 2 is 2.29 bits per heavy atom. The van der Waals surface area contributed by atoms with Gasteiger partial charge in [0, 0.05) is 11.5 Å². The van der Waals surface area contributed by atoms with Crippen LogP contribution in [0.25, 0.3) is 0 Å². The predicted molar refractivity (Wildman–Crippen MR) is 53.9 cm³/mol. The van der Waals surface area contributed by atoms with Gasteiger partial charge in [-0.3, -0.25) is 4.79 Å². The highest BCUT2D eigenvalue weighted by Crippen LogP contribution is 2.21. The third-order valence-electron chi connectivity index (χ3n) is 2.37. The highest BCUT2D eigenvalue weighted by Gasteiger charge is 2.25. The molecular weight excluding hydrogens is 180 g/mol. The molecule has 0 aliphatic rings. The van der Waals surface area contributed by atoms with Gasteiger partial charge in [0.2, 0.25) is 5.91 Å². The standard InChI is InChI=1S/C10H16N2O2/c1-5-10(3,4)9(13)11-8-6-7(2)14-12-8/h6H,5H2,1-4H3,(H,11,12,13). The molecule has 0 aromatic carbocycles. The van der Waals surface area contributed by atoms with Crippen LogP contribution in [0.3, 0.4) is 0 Å². The molecule has 1 amide bonds. The number of carbonyl (C=O) groups excluding carboxylic acids is 1. The zero-order chi connectivity index (χ0) is 10.8. The van der Waals surface area contributed by atoms with Crippen LogP contribution >= 0.6 is 0 Å². The van der Waals surface area contributed by atoms with Crippen LogP contribution in [-0.4, -0.2) is 11.1 Å². The van der Waals surface area contributed by atoms with Crippen LogP contribution in [0.4, 0.5) is 5.82 Å². The normalized spacial score (nSPS) is 11.4. The molecule has 0 radical (unpaired) electrons. The average molecular weight is 196 g/mol. The van der Waals surface area contributed by atoms with E-state index >= 15 is 0 Å². The van der Waals surface area contributed by atoms with Crippen LogP contribution in [0.15, 0.2) is 10.6 Å². The van der Waals surface area contributed by atoms with E-state index in [2.05, 4.69) is 10.5 Å². The number of aryl methyl sites for hydroxylation is 1. The molecule has 1 rings (SSSR count). The molecule has 1 aromatic heterocycles. The van der Waals surface area contributed by atoms with Crippen LogP contribution in [-0.2, 0) is 4.79 Å². The number of rotatable bonds is 3. The van der Waals surface area contributed by atoms with E-state index in [0.717, 1.165) is 6.42 Å². The van der Waals surface area contributed by atoms with E-state index in [1.807, 2.05) is 20.8 Å². The molecule has 0 spiro atoms. The van der Waals surface area contributed by atoms with Gasteiger partial charge in [-0.25, -0.2) is 0 Å². The zero-order valence-electron chi connectivity index (χ0n) is 9.05. The second kappa shape index (κ2) is 3.82. The summed E-state index contributed by atoms with van der Waals surface area (Å²) in [6.45, 7) is 7.56. The van der Waals surface area contributed by atoms with Crippen molar-refractivity contribution in [3.05, 3.63) is 11.8 Å². The van der Waals surface area contributed by atoms with E-state index in [9.17, 15) is 4.79 Å². The number of nitrogens with zero attached hydrogens (tertiary/aromatic N) is 1. The fourth-order valence-electron chi connectivity index (χ4n) is 0.871. The maximum Gasteiger partial charge on any atom is 0.231 e. The molecule has 0 saturated heterocycles. The first kappa shape index (κ1) is 10.8. The molecule has 0 aliphatic heterocycles. The number of anilines is 1. The van der Waals surface area contributed by atoms with Crippen LogP contribution in [0, 0.1) is 12.3 Å². The van der Waals surface area contributed by atoms with Crippen molar-refractivity contribution in [3.63, 3.8) is 0 Å². The second-order valence-corrected chi connectivity index (χ2v) is 4.01. The lowest BCUT2D eigenvalue weighted by atomic mass is 9.89. The summed E-state index contributed by atoms with van der Waals surface area (Å²) < 4.78 is 4.85. The summed E-state index contributed by atoms with van der Waals surface area (Å²) in [5.74, 6) is 1.14. The first-order chi connectivity index (χ1) is 6.45. The summed E-state index contributed by atoms with van der Waals surface area (Å²) in [6, 6.07) is 1.70. The van der Waals surface area contributed by atoms with Crippen LogP contribution in [0.2, 0.25) is 0 Å². The fraction of sp³-hybridized carbons (Fsp3) is 0.600. The predicted octanol–water partition coefficient (Wildman–Crippen LogP) is 2.36. The van der Waals surface area contributed by atoms with E-state index in [4.69, 9.17) is 4.52 Å². The molecule has 14 heavy (non-hydrogen) atoms. The van der Waals surface area contributed by atoms with Crippen molar-refractivity contribution >= 4 is 11.7 Å². The van der Waals surface area contributed by atoms with E-state index in [0.29, 0.717) is 11.6 Å². The van der Waals surface area contributed by atoms with Crippen molar-refractivity contribution in [3.8, 4) is 0 Å². The lowest BCUT2D eigenvalue weighted by molar-refractivity contribution is -0.124. The maximum atomic E-state index is 11.7. The highest BCUT2D eigenvalue weighted by molar-refractivity contribution is 5.93. The lowest BCUT2D eigenvalue weighted by Crippen LogP contribution is -2.30. The average Bonchev–Trinajstić information content (AvgIpc) is 2.51. The minimum Gasteiger partial charge on any atom is -0.360 e. The van der Waals surface area contributed by atoms with Crippen molar-refractivity contribution in [2.75, 3.05) is 5.32 Å². The molecule has 0 fully saturated rings. The van der Waals surface area contributed by atoms with E-state index in [1.54, 1.807) is 13.0 Å². The third-order valence-corrected chi connectivity index (χ3v) is 2.37. The van der Waals surface area contributed by atoms with Gasteiger partial charge in [0.05, 0.1) is 0 Å². The molecule has 0 unspecified atom stereocenters. The van der Waals surface area contributed by atoms with Crippen LogP contribution in [0.5, 0.6) is 0 Å². The molecule has 4 heteroatoms. The molecule has 78 valence electrons. The first-order valence-electron chi connectivity index (χ1n) is 4.70. The monoisotopic (exact) mass is 196 g/mol. The van der Waals surface area contributed by atoms with Gasteiger partial charge < -0.3 is 9.84 Å². The quantitative estimate of drug-likeness (QED) is 0.807. The molecule has 0 saturated carbocycles. The van der Waals surface area contributed by atoms with Gasteiger partial charge in [-0.2, -0.15) is 0 Å². The lowest BCUT2D eigenvalue weighted by Gasteiger charge is -2.20. The molecule has 4 nitrogen and oxygen atoms in total. The molecular formula is C10H16N2O2. The van der Waals surface area contributed by atoms with E-state index < -0.39 is 0 Å². The van der Waals surface area contributed by atoms with Crippen LogP contribution < -0.4 is 5.32 Å². The van der Waals surface area contributed by atoms with Gasteiger partial charge >= 0.3 is 0 Å². The van der Waals surface area contributed by atoms with Gasteiger partial charge in [0.25, 0.3) is 0 Å². The molecule has 1 heterocycles. The zero-order valence-corrected chi connectivity index (χ0v) is 9.05. The molecule has 0 atom stereocenters. The summed E-state index contributed by atoms with van der Waals surface area (Å²) in [5.41, 5.74) is -0.368. The summed E-state index contributed by atoms with van der Waals surface area (Å²) in [4.78, 5) is 11.7. The van der Waals surface area contributed by atoms with Crippen molar-refractivity contribution in [1.82, 2.24) is 5.16 Å². The number of hydrogen-bond acceptors (Lipinski definition) is 3. The Bertz CT molecular complexity index is 329. The molecule has 0 aliphatic carbocycles. The first-order valence-corrected chi connectivity index (χ1v) is 4.70. The van der Waals surface area contributed by atoms with E-state index in [-0.39, 0.29) is 11.3 Å². The Labute approximate surface area is 83.7 Å². The second-order valence-electron chi connectivity index (χ2n) is 4.01. The number of aromatic nitrogens is 1. The van der Waals surface area contributed by atoms with E-state index in [1.165, 1.54) is 0 Å². The van der Waals surface area contributed by atoms with Gasteiger partial charge in [0.1, 0.15) is 5.76 Å². The van der Waals surface area contributed by atoms with Gasteiger partial charge in [-0.15, -0.1) is 0 Å². The van der Waals surface area contributed by atoms with Gasteiger partial charge in [0.15, 0.2) is 5.82 Å². The molecule has 1 N–H and O–H groups in total. The Morgan fingerprint density at radius 3 is 2.71 bits per heavy atom. The summed E-state index contributed by atoms with van der Waals surface area (Å²) >= 11 is 0. The van der Waals surface area contributed by atoms with Crippen molar-refractivity contribution < 1.29 is 9.32 Å². The topological polar surface area (TPSA) is 55.1 Å². The van der Waals surface area contributed by atoms with Gasteiger partial charge in [-0.05, 0) is 13.3 Å². The minimum absolute atomic E-state index is 0.0340. The molecule has 0 bridgehead atoms. The third kappa shape index (κ3) is 2.34. The minimum atomic E-state index is -0.368. The van der Waals surface area contributed by atoms with Gasteiger partial charge in [-0.1, -0.05) is 25.9 Å². The Balaban J connectivity index is 2.66. The maximum absolute atomic E-state index is 11.7. The van der Waals surface area contributed by atoms with Crippen molar-refractivity contribution in [2.45, 2.75) is 34.1 Å². The largest absolute Gasteiger partial charge is 0.360 e. The van der Waals surface area contributed by atoms with Crippen LogP contribution in [0.1, 0.15) is 33.0 Å². The summed E-state index contributed by atoms with van der Waals surface area (Å²) in [5, 5.41) is 6.41. The number of amides is 1. The molecule has 1 aromatic rings. The van der Waals surface area contributed by atoms with Crippen molar-refractivity contribution in [2.24, 2.45) is 5.41 Å². The Kier molecular flexibility index (Phi) is 2.93. The highest BCUT2D eigenvalue weighted by atomic mass is 16.5. The Hall–Kier alpha value is -1.32. The summed E-state index contributed by atoms with van der Waals surface area (Å²) in [6.07, 6.45) is 0.787.